The smallest absolute Gasteiger partial charge is 0.255 e. The van der Waals surface area contributed by atoms with Crippen molar-refractivity contribution >= 4 is 16.8 Å². The summed E-state index contributed by atoms with van der Waals surface area (Å²) in [5.41, 5.74) is 0.702. The maximum absolute atomic E-state index is 12.7. The lowest BCUT2D eigenvalue weighted by Crippen LogP contribution is -2.58. The number of amides is 1. The molecule has 1 aromatic heterocycles. The first-order valence-electron chi connectivity index (χ1n) is 9.05. The Bertz CT molecular complexity index is 767. The summed E-state index contributed by atoms with van der Waals surface area (Å²) < 4.78 is 5.06. The fourth-order valence-corrected chi connectivity index (χ4v) is 3.64. The molecule has 1 amide bonds. The number of ether oxygens (including phenoxy) is 1. The Morgan fingerprint density at radius 3 is 3.00 bits per heavy atom. The van der Waals surface area contributed by atoms with Gasteiger partial charge in [-0.3, -0.25) is 14.7 Å². The number of hydrogen-bond donors (Lipinski definition) is 1. The molecule has 0 unspecified atom stereocenters. The highest BCUT2D eigenvalue weighted by Gasteiger charge is 2.42. The molecule has 6 nitrogen and oxygen atoms in total. The Balaban J connectivity index is 1.65. The van der Waals surface area contributed by atoms with E-state index in [4.69, 9.17) is 4.74 Å². The molecule has 0 saturated carbocycles. The molecule has 2 heterocycles. The summed E-state index contributed by atoms with van der Waals surface area (Å²) in [5, 5.41) is 12.0. The van der Waals surface area contributed by atoms with E-state index in [0.29, 0.717) is 39.2 Å². The lowest BCUT2D eigenvalue weighted by atomic mass is 9.91. The Morgan fingerprint density at radius 1 is 1.38 bits per heavy atom. The molecule has 1 atom stereocenters. The van der Waals surface area contributed by atoms with Crippen molar-refractivity contribution in [2.75, 3.05) is 40.4 Å². The van der Waals surface area contributed by atoms with E-state index >= 15 is 0 Å². The summed E-state index contributed by atoms with van der Waals surface area (Å²) in [6.45, 7) is 2.63. The zero-order chi connectivity index (χ0) is 18.6. The Labute approximate surface area is 154 Å². The third-order valence-electron chi connectivity index (χ3n) is 4.90. The van der Waals surface area contributed by atoms with Crippen molar-refractivity contribution in [1.82, 2.24) is 14.8 Å². The number of aromatic nitrogens is 1. The van der Waals surface area contributed by atoms with E-state index in [0.717, 1.165) is 22.9 Å². The highest BCUT2D eigenvalue weighted by molar-refractivity contribution is 5.86. The van der Waals surface area contributed by atoms with E-state index in [1.807, 2.05) is 42.4 Å². The Kier molecular flexibility index (Phi) is 5.86. The maximum Gasteiger partial charge on any atom is 0.255 e. The number of likely N-dealkylation sites (tertiary alicyclic amines) is 1. The Morgan fingerprint density at radius 2 is 2.19 bits per heavy atom. The first kappa shape index (κ1) is 18.8. The molecule has 140 valence electrons. The van der Waals surface area contributed by atoms with Crippen LogP contribution in [0, 0.1) is 0 Å². The van der Waals surface area contributed by atoms with Gasteiger partial charge >= 0.3 is 0 Å². The van der Waals surface area contributed by atoms with Gasteiger partial charge in [0.1, 0.15) is 0 Å². The molecule has 3 rings (SSSR count). The van der Waals surface area contributed by atoms with Crippen LogP contribution in [0.5, 0.6) is 0 Å². The zero-order valence-corrected chi connectivity index (χ0v) is 15.5. The van der Waals surface area contributed by atoms with Crippen molar-refractivity contribution in [3.63, 3.8) is 0 Å². The molecule has 1 aromatic carbocycles. The molecule has 1 N–H and O–H groups in total. The second-order valence-corrected chi connectivity index (χ2v) is 7.13. The number of piperidine rings is 1. The van der Waals surface area contributed by atoms with E-state index in [2.05, 4.69) is 11.1 Å². The minimum atomic E-state index is -1.33. The van der Waals surface area contributed by atoms with Gasteiger partial charge in [0, 0.05) is 44.9 Å². The van der Waals surface area contributed by atoms with Gasteiger partial charge in [-0.2, -0.15) is 0 Å². The monoisotopic (exact) mass is 357 g/mol. The largest absolute Gasteiger partial charge is 0.383 e. The SMILES string of the molecule is COCCN1CCC[C@](O)(CN(C)Cc2cnc3ccccc3c2)C1=O. The zero-order valence-electron chi connectivity index (χ0n) is 15.5. The number of carbonyl (C=O) groups excluding carboxylic acids is 1. The standard InChI is InChI=1S/C20H27N3O3/c1-22(14-16-12-17-6-3-4-7-18(17)21-13-16)15-20(25)8-5-9-23(19(20)24)10-11-26-2/h3-4,6-7,12-13,25H,5,8-11,14-15H2,1-2H3/t20-/m0/s1. The summed E-state index contributed by atoms with van der Waals surface area (Å²) in [6, 6.07) is 10.1. The average Bonchev–Trinajstić information content (AvgIpc) is 2.63. The number of benzene rings is 1. The highest BCUT2D eigenvalue weighted by Crippen LogP contribution is 2.24. The van der Waals surface area contributed by atoms with Crippen molar-refractivity contribution in [1.29, 1.82) is 0 Å². The second-order valence-electron chi connectivity index (χ2n) is 7.13. The first-order valence-corrected chi connectivity index (χ1v) is 9.05. The fraction of sp³-hybridized carbons (Fsp3) is 0.500. The van der Waals surface area contributed by atoms with Crippen LogP contribution in [-0.4, -0.2) is 71.8 Å². The molecular formula is C20H27N3O3. The van der Waals surface area contributed by atoms with Gasteiger partial charge in [-0.1, -0.05) is 18.2 Å². The number of aliphatic hydroxyl groups is 1. The molecule has 0 bridgehead atoms. The quantitative estimate of drug-likeness (QED) is 0.816. The van der Waals surface area contributed by atoms with Crippen molar-refractivity contribution in [2.45, 2.75) is 25.0 Å². The van der Waals surface area contributed by atoms with Gasteiger partial charge in [-0.05, 0) is 37.6 Å². The molecule has 1 saturated heterocycles. The Hall–Kier alpha value is -2.02. The van der Waals surface area contributed by atoms with Gasteiger partial charge in [0.15, 0.2) is 5.60 Å². The van der Waals surface area contributed by atoms with E-state index in [1.165, 1.54) is 0 Å². The molecular weight excluding hydrogens is 330 g/mol. The summed E-state index contributed by atoms with van der Waals surface area (Å²) in [7, 11) is 3.54. The van der Waals surface area contributed by atoms with Crippen LogP contribution in [0.4, 0.5) is 0 Å². The van der Waals surface area contributed by atoms with Crippen LogP contribution in [0.3, 0.4) is 0 Å². The number of nitrogens with zero attached hydrogens (tertiary/aromatic N) is 3. The predicted molar refractivity (Wildman–Crippen MR) is 101 cm³/mol. The van der Waals surface area contributed by atoms with Crippen molar-refractivity contribution in [2.24, 2.45) is 0 Å². The van der Waals surface area contributed by atoms with E-state index in [1.54, 1.807) is 12.0 Å². The molecule has 6 heteroatoms. The number of hydrogen-bond acceptors (Lipinski definition) is 5. The second kappa shape index (κ2) is 8.12. The summed E-state index contributed by atoms with van der Waals surface area (Å²) >= 11 is 0. The molecule has 1 fully saturated rings. The summed E-state index contributed by atoms with van der Waals surface area (Å²) in [4.78, 5) is 20.9. The van der Waals surface area contributed by atoms with Crippen LogP contribution in [0.2, 0.25) is 0 Å². The number of likely N-dealkylation sites (N-methyl/N-ethyl adjacent to an activating group) is 1. The van der Waals surface area contributed by atoms with E-state index in [9.17, 15) is 9.90 Å². The number of carbonyl (C=O) groups is 1. The van der Waals surface area contributed by atoms with Crippen LogP contribution < -0.4 is 0 Å². The number of rotatable bonds is 7. The maximum atomic E-state index is 12.7. The number of fused-ring (bicyclic) bond motifs is 1. The third kappa shape index (κ3) is 4.20. The molecule has 0 aliphatic carbocycles. The van der Waals surface area contributed by atoms with Crippen LogP contribution in [0.1, 0.15) is 18.4 Å². The van der Waals surface area contributed by atoms with Crippen LogP contribution >= 0.6 is 0 Å². The topological polar surface area (TPSA) is 65.9 Å². The lowest BCUT2D eigenvalue weighted by Gasteiger charge is -2.40. The predicted octanol–water partition coefficient (Wildman–Crippen LogP) is 1.67. The number of methoxy groups -OCH3 is 1. The van der Waals surface area contributed by atoms with Crippen molar-refractivity contribution in [3.05, 3.63) is 42.1 Å². The average molecular weight is 357 g/mol. The highest BCUT2D eigenvalue weighted by atomic mass is 16.5. The van der Waals surface area contributed by atoms with Gasteiger partial charge in [0.25, 0.3) is 5.91 Å². The minimum absolute atomic E-state index is 0.190. The normalized spacial score (nSPS) is 20.9. The molecule has 0 radical (unpaired) electrons. The fourth-order valence-electron chi connectivity index (χ4n) is 3.64. The van der Waals surface area contributed by atoms with Gasteiger partial charge in [-0.25, -0.2) is 0 Å². The van der Waals surface area contributed by atoms with E-state index < -0.39 is 5.60 Å². The van der Waals surface area contributed by atoms with Gasteiger partial charge in [0.2, 0.25) is 0 Å². The molecule has 1 aliphatic rings. The number of pyridine rings is 1. The van der Waals surface area contributed by atoms with Gasteiger partial charge < -0.3 is 14.7 Å². The van der Waals surface area contributed by atoms with Gasteiger partial charge in [-0.15, -0.1) is 0 Å². The molecule has 2 aromatic rings. The summed E-state index contributed by atoms with van der Waals surface area (Å²) in [5.74, 6) is -0.190. The van der Waals surface area contributed by atoms with Crippen LogP contribution in [-0.2, 0) is 16.1 Å². The third-order valence-corrected chi connectivity index (χ3v) is 4.90. The molecule has 26 heavy (non-hydrogen) atoms. The molecule has 1 aliphatic heterocycles. The molecule has 0 spiro atoms. The van der Waals surface area contributed by atoms with E-state index in [-0.39, 0.29) is 5.91 Å². The van der Waals surface area contributed by atoms with Crippen LogP contribution in [0.15, 0.2) is 36.5 Å². The van der Waals surface area contributed by atoms with Crippen molar-refractivity contribution < 1.29 is 14.6 Å². The first-order chi connectivity index (χ1) is 12.5. The summed E-state index contributed by atoms with van der Waals surface area (Å²) in [6.07, 6.45) is 3.16. The van der Waals surface area contributed by atoms with Crippen LogP contribution in [0.25, 0.3) is 10.9 Å². The number of para-hydroxylation sites is 1. The van der Waals surface area contributed by atoms with Gasteiger partial charge in [0.05, 0.1) is 12.1 Å². The minimum Gasteiger partial charge on any atom is -0.383 e. The lowest BCUT2D eigenvalue weighted by molar-refractivity contribution is -0.159. The van der Waals surface area contributed by atoms with Crippen molar-refractivity contribution in [3.8, 4) is 0 Å².